The maximum Gasteiger partial charge on any atom is 0.306 e. The molecule has 0 heterocycles. The molecule has 0 spiro atoms. The van der Waals surface area contributed by atoms with Crippen LogP contribution >= 0.6 is 11.6 Å². The van der Waals surface area contributed by atoms with Gasteiger partial charge in [0.05, 0.1) is 12.9 Å². The fourth-order valence-electron chi connectivity index (χ4n) is 2.48. The lowest BCUT2D eigenvalue weighted by atomic mass is 10.1. The van der Waals surface area contributed by atoms with Crippen molar-refractivity contribution in [3.05, 3.63) is 65.7 Å². The molecule has 1 unspecified atom stereocenters. The average molecular weight is 412 g/mol. The molecule has 0 bridgehead atoms. The zero-order chi connectivity index (χ0) is 19.9. The first-order chi connectivity index (χ1) is 12.8. The number of rotatable bonds is 9. The third-order valence-electron chi connectivity index (χ3n) is 3.71. The molecule has 0 fully saturated rings. The Morgan fingerprint density at radius 3 is 2.48 bits per heavy atom. The summed E-state index contributed by atoms with van der Waals surface area (Å²) in [5.41, 5.74) is 1.43. The van der Waals surface area contributed by atoms with Crippen LogP contribution in [0.3, 0.4) is 0 Å². The molecule has 0 aliphatic rings. The average Bonchev–Trinajstić information content (AvgIpc) is 2.63. The van der Waals surface area contributed by atoms with Crippen molar-refractivity contribution in [2.45, 2.75) is 11.9 Å². The minimum Gasteiger partial charge on any atom is -0.383 e. The van der Waals surface area contributed by atoms with Gasteiger partial charge in [0.15, 0.2) is 0 Å². The van der Waals surface area contributed by atoms with Crippen molar-refractivity contribution >= 4 is 27.6 Å². The summed E-state index contributed by atoms with van der Waals surface area (Å²) in [7, 11) is -2.07. The Morgan fingerprint density at radius 2 is 1.85 bits per heavy atom. The van der Waals surface area contributed by atoms with Gasteiger partial charge in [0, 0.05) is 20.2 Å². The van der Waals surface area contributed by atoms with E-state index in [2.05, 4.69) is 0 Å². The Morgan fingerprint density at radius 1 is 1.15 bits per heavy atom. The first-order valence-electron chi connectivity index (χ1n) is 8.25. The van der Waals surface area contributed by atoms with Gasteiger partial charge >= 0.3 is 10.1 Å². The highest BCUT2D eigenvalue weighted by Gasteiger charge is 2.24. The van der Waals surface area contributed by atoms with Crippen LogP contribution in [0.5, 0.6) is 5.75 Å². The molecule has 1 atom stereocenters. The number of benzene rings is 2. The van der Waals surface area contributed by atoms with Crippen molar-refractivity contribution in [1.29, 1.82) is 0 Å². The third-order valence-corrected chi connectivity index (χ3v) is 4.64. The van der Waals surface area contributed by atoms with Crippen molar-refractivity contribution < 1.29 is 22.1 Å². The number of halogens is 1. The molecule has 2 aromatic carbocycles. The molecule has 0 radical (unpaired) electrons. The fraction of sp³-hybridized carbons (Fsp3) is 0.316. The Hall–Kier alpha value is -2.09. The SMILES string of the molecule is COCCN(Cc1cccc(OS(C)(=O)=O)c1)C(=O)C(Cl)c1ccccc1. The van der Waals surface area contributed by atoms with Gasteiger partial charge in [0.1, 0.15) is 11.1 Å². The monoisotopic (exact) mass is 411 g/mol. The van der Waals surface area contributed by atoms with Crippen molar-refractivity contribution in [3.8, 4) is 5.75 Å². The maximum absolute atomic E-state index is 12.9. The summed E-state index contributed by atoms with van der Waals surface area (Å²) in [6.07, 6.45) is 0.978. The second kappa shape index (κ2) is 9.73. The van der Waals surface area contributed by atoms with E-state index in [1.54, 1.807) is 48.4 Å². The van der Waals surface area contributed by atoms with E-state index in [9.17, 15) is 13.2 Å². The van der Waals surface area contributed by atoms with Gasteiger partial charge in [-0.25, -0.2) is 0 Å². The molecule has 0 aromatic heterocycles. The quantitative estimate of drug-likeness (QED) is 0.468. The molecule has 0 aliphatic carbocycles. The topological polar surface area (TPSA) is 72.9 Å². The Labute approximate surface area is 164 Å². The summed E-state index contributed by atoms with van der Waals surface area (Å²) in [5.74, 6) is -0.0611. The molecule has 146 valence electrons. The number of carbonyl (C=O) groups is 1. The molecule has 0 saturated heterocycles. The molecule has 0 N–H and O–H groups in total. The van der Waals surface area contributed by atoms with Gasteiger partial charge in [0.2, 0.25) is 5.91 Å². The summed E-state index contributed by atoms with van der Waals surface area (Å²) in [6.45, 7) is 0.950. The predicted molar refractivity (Wildman–Crippen MR) is 104 cm³/mol. The number of carbonyl (C=O) groups excluding carboxylic acids is 1. The van der Waals surface area contributed by atoms with E-state index in [1.165, 1.54) is 0 Å². The number of hydrogen-bond acceptors (Lipinski definition) is 5. The smallest absolute Gasteiger partial charge is 0.306 e. The summed E-state index contributed by atoms with van der Waals surface area (Å²) in [5, 5.41) is -0.821. The standard InChI is InChI=1S/C19H22ClNO5S/c1-25-12-11-21(19(22)18(20)16-8-4-3-5-9-16)14-15-7-6-10-17(13-15)26-27(2,23)24/h3-10,13,18H,11-12,14H2,1-2H3. The van der Waals surface area contributed by atoms with E-state index >= 15 is 0 Å². The number of alkyl halides is 1. The van der Waals surface area contributed by atoms with Crippen LogP contribution in [0, 0.1) is 0 Å². The maximum atomic E-state index is 12.9. The van der Waals surface area contributed by atoms with Crippen molar-refractivity contribution in [2.24, 2.45) is 0 Å². The molecule has 6 nitrogen and oxygen atoms in total. The number of hydrogen-bond donors (Lipinski definition) is 0. The number of amides is 1. The highest BCUT2D eigenvalue weighted by Crippen LogP contribution is 2.24. The molecule has 0 saturated carbocycles. The van der Waals surface area contributed by atoms with Gasteiger partial charge < -0.3 is 13.8 Å². The van der Waals surface area contributed by atoms with Crippen LogP contribution in [-0.4, -0.2) is 45.7 Å². The van der Waals surface area contributed by atoms with Gasteiger partial charge in [-0.05, 0) is 23.3 Å². The number of ether oxygens (including phenoxy) is 1. The highest BCUT2D eigenvalue weighted by atomic mass is 35.5. The first-order valence-corrected chi connectivity index (χ1v) is 10.5. The first kappa shape index (κ1) is 21.2. The summed E-state index contributed by atoms with van der Waals surface area (Å²) >= 11 is 6.38. The van der Waals surface area contributed by atoms with Crippen molar-refractivity contribution in [3.63, 3.8) is 0 Å². The van der Waals surface area contributed by atoms with Crippen LogP contribution in [0.2, 0.25) is 0 Å². The molecule has 0 aliphatic heterocycles. The Balaban J connectivity index is 2.19. The van der Waals surface area contributed by atoms with Gasteiger partial charge in [-0.1, -0.05) is 42.5 Å². The van der Waals surface area contributed by atoms with Crippen LogP contribution in [0.25, 0.3) is 0 Å². The van der Waals surface area contributed by atoms with Crippen LogP contribution in [-0.2, 0) is 26.2 Å². The number of methoxy groups -OCH3 is 1. The van der Waals surface area contributed by atoms with Gasteiger partial charge in [-0.3, -0.25) is 4.79 Å². The van der Waals surface area contributed by atoms with Crippen LogP contribution in [0.15, 0.2) is 54.6 Å². The van der Waals surface area contributed by atoms with E-state index in [4.69, 9.17) is 20.5 Å². The molecular weight excluding hydrogens is 390 g/mol. The molecule has 2 aromatic rings. The van der Waals surface area contributed by atoms with E-state index in [1.807, 2.05) is 18.2 Å². The summed E-state index contributed by atoms with van der Waals surface area (Å²) < 4.78 is 32.6. The van der Waals surface area contributed by atoms with Crippen LogP contribution in [0.4, 0.5) is 0 Å². The van der Waals surface area contributed by atoms with Gasteiger partial charge in [-0.15, -0.1) is 11.6 Å². The van der Waals surface area contributed by atoms with E-state index in [-0.39, 0.29) is 18.2 Å². The predicted octanol–water partition coefficient (Wildman–Crippen LogP) is 2.98. The van der Waals surface area contributed by atoms with E-state index in [0.29, 0.717) is 18.7 Å². The summed E-state index contributed by atoms with van der Waals surface area (Å²) in [6, 6.07) is 15.7. The van der Waals surface area contributed by atoms with Gasteiger partial charge in [-0.2, -0.15) is 8.42 Å². The van der Waals surface area contributed by atoms with Crippen LogP contribution in [0.1, 0.15) is 16.5 Å². The van der Waals surface area contributed by atoms with Crippen molar-refractivity contribution in [2.75, 3.05) is 26.5 Å². The second-order valence-corrected chi connectivity index (χ2v) is 7.97. The summed E-state index contributed by atoms with van der Waals surface area (Å²) in [4.78, 5) is 14.5. The van der Waals surface area contributed by atoms with E-state index in [0.717, 1.165) is 11.8 Å². The lowest BCUT2D eigenvalue weighted by Gasteiger charge is -2.25. The second-order valence-electron chi connectivity index (χ2n) is 5.96. The lowest BCUT2D eigenvalue weighted by Crippen LogP contribution is -2.35. The third kappa shape index (κ3) is 6.86. The zero-order valence-corrected chi connectivity index (χ0v) is 16.7. The normalized spacial score (nSPS) is 12.4. The van der Waals surface area contributed by atoms with Crippen molar-refractivity contribution in [1.82, 2.24) is 4.90 Å². The largest absolute Gasteiger partial charge is 0.383 e. The van der Waals surface area contributed by atoms with Crippen LogP contribution < -0.4 is 4.18 Å². The van der Waals surface area contributed by atoms with Gasteiger partial charge in [0.25, 0.3) is 0 Å². The fourth-order valence-corrected chi connectivity index (χ4v) is 3.22. The minimum absolute atomic E-state index is 0.194. The molecule has 1 amide bonds. The molecule has 2 rings (SSSR count). The van der Waals surface area contributed by atoms with E-state index < -0.39 is 15.5 Å². The Kier molecular flexibility index (Phi) is 7.65. The lowest BCUT2D eigenvalue weighted by molar-refractivity contribution is -0.132. The number of nitrogens with zero attached hydrogens (tertiary/aromatic N) is 1. The Bertz CT molecular complexity index is 857. The molecular formula is C19H22ClNO5S. The molecule has 8 heteroatoms. The minimum atomic E-state index is -3.62. The highest BCUT2D eigenvalue weighted by molar-refractivity contribution is 7.86. The zero-order valence-electron chi connectivity index (χ0n) is 15.2. The molecule has 27 heavy (non-hydrogen) atoms.